The van der Waals surface area contributed by atoms with Crippen LogP contribution in [0.25, 0.3) is 16.7 Å². The highest BCUT2D eigenvalue weighted by Gasteiger charge is 2.17. The second kappa shape index (κ2) is 9.24. The third-order valence-electron chi connectivity index (χ3n) is 4.58. The first-order valence-corrected chi connectivity index (χ1v) is 10.6. The number of hydrogen-bond donors (Lipinski definition) is 1. The fraction of sp³-hybridized carbons (Fsp3) is 0.136. The van der Waals surface area contributed by atoms with Crippen molar-refractivity contribution in [3.63, 3.8) is 0 Å². The molecule has 164 valence electrons. The molecule has 7 nitrogen and oxygen atoms in total. The Morgan fingerprint density at radius 3 is 2.38 bits per heavy atom. The highest BCUT2D eigenvalue weighted by atomic mass is 35.5. The van der Waals surface area contributed by atoms with Gasteiger partial charge in [0.15, 0.2) is 6.10 Å². The van der Waals surface area contributed by atoms with E-state index in [1.807, 2.05) is 0 Å². The van der Waals surface area contributed by atoms with Crippen LogP contribution in [0.1, 0.15) is 6.92 Å². The molecule has 1 amide bonds. The van der Waals surface area contributed by atoms with Crippen LogP contribution in [-0.2, 0) is 4.79 Å². The Bertz CT molecular complexity index is 1310. The van der Waals surface area contributed by atoms with E-state index in [-0.39, 0.29) is 5.91 Å². The summed E-state index contributed by atoms with van der Waals surface area (Å²) < 4.78 is 10.8. The normalized spacial score (nSPS) is 11.9. The number of carbonyl (C=O) groups is 1. The molecule has 32 heavy (non-hydrogen) atoms. The molecule has 1 unspecified atom stereocenters. The van der Waals surface area contributed by atoms with Gasteiger partial charge in [-0.2, -0.15) is 4.80 Å². The van der Waals surface area contributed by atoms with Crippen LogP contribution in [0.15, 0.2) is 54.6 Å². The minimum absolute atomic E-state index is 0.328. The fourth-order valence-electron chi connectivity index (χ4n) is 2.95. The number of nitrogens with zero attached hydrogens (tertiary/aromatic N) is 3. The van der Waals surface area contributed by atoms with E-state index in [9.17, 15) is 4.79 Å². The zero-order chi connectivity index (χ0) is 22.8. The van der Waals surface area contributed by atoms with Crippen molar-refractivity contribution >= 4 is 57.4 Å². The molecule has 1 heterocycles. The van der Waals surface area contributed by atoms with Crippen LogP contribution in [0.3, 0.4) is 0 Å². The summed E-state index contributed by atoms with van der Waals surface area (Å²) in [6, 6.07) is 15.3. The Kier molecular flexibility index (Phi) is 6.41. The molecule has 4 rings (SSSR count). The maximum Gasteiger partial charge on any atom is 0.265 e. The maximum absolute atomic E-state index is 12.6. The molecule has 0 radical (unpaired) electrons. The maximum atomic E-state index is 12.6. The molecule has 0 aliphatic carbocycles. The van der Waals surface area contributed by atoms with Gasteiger partial charge in [0.2, 0.25) is 0 Å². The Morgan fingerprint density at radius 1 is 0.938 bits per heavy atom. The van der Waals surface area contributed by atoms with Gasteiger partial charge in [0.05, 0.1) is 22.8 Å². The summed E-state index contributed by atoms with van der Waals surface area (Å²) in [5.74, 6) is 0.591. The second-order valence-electron chi connectivity index (χ2n) is 6.84. The molecule has 3 aromatic carbocycles. The van der Waals surface area contributed by atoms with Gasteiger partial charge in [0.25, 0.3) is 5.91 Å². The standard InChI is InChI=1S/C22H17Cl3N4O3/c1-12(32-21-7-3-13(23)9-16(21)24)22(30)26-14-4-6-18-19(10-14)28-29(27-18)15-5-8-20(31-2)17(25)11-15/h3-12H,1-2H3,(H,26,30). The monoisotopic (exact) mass is 490 g/mol. The molecule has 4 aromatic rings. The van der Waals surface area contributed by atoms with Crippen molar-refractivity contribution in [1.29, 1.82) is 0 Å². The summed E-state index contributed by atoms with van der Waals surface area (Å²) in [5.41, 5.74) is 2.50. The number of methoxy groups -OCH3 is 1. The SMILES string of the molecule is COc1ccc(-n2nc3ccc(NC(=O)C(C)Oc4ccc(Cl)cc4Cl)cc3n2)cc1Cl. The summed E-state index contributed by atoms with van der Waals surface area (Å²) in [7, 11) is 1.55. The zero-order valence-electron chi connectivity index (χ0n) is 17.0. The first-order chi connectivity index (χ1) is 15.3. The molecule has 0 aliphatic heterocycles. The molecule has 1 atom stereocenters. The lowest BCUT2D eigenvalue weighted by Crippen LogP contribution is -2.30. The van der Waals surface area contributed by atoms with E-state index < -0.39 is 6.10 Å². The van der Waals surface area contributed by atoms with Gasteiger partial charge in [-0.05, 0) is 61.5 Å². The lowest BCUT2D eigenvalue weighted by Gasteiger charge is -2.15. The van der Waals surface area contributed by atoms with Crippen molar-refractivity contribution < 1.29 is 14.3 Å². The van der Waals surface area contributed by atoms with Gasteiger partial charge in [-0.15, -0.1) is 10.2 Å². The molecule has 0 spiro atoms. The van der Waals surface area contributed by atoms with E-state index in [2.05, 4.69) is 15.5 Å². The number of carbonyl (C=O) groups excluding carboxylic acids is 1. The van der Waals surface area contributed by atoms with E-state index >= 15 is 0 Å². The first-order valence-electron chi connectivity index (χ1n) is 9.47. The summed E-state index contributed by atoms with van der Waals surface area (Å²) >= 11 is 18.2. The van der Waals surface area contributed by atoms with Gasteiger partial charge in [0, 0.05) is 10.7 Å². The number of ether oxygens (including phenoxy) is 2. The van der Waals surface area contributed by atoms with E-state index in [4.69, 9.17) is 44.3 Å². The number of amides is 1. The highest BCUT2D eigenvalue weighted by Crippen LogP contribution is 2.29. The minimum atomic E-state index is -0.790. The predicted molar refractivity (Wildman–Crippen MR) is 126 cm³/mol. The summed E-state index contributed by atoms with van der Waals surface area (Å²) in [5, 5.41) is 13.0. The van der Waals surface area contributed by atoms with Gasteiger partial charge in [0.1, 0.15) is 22.5 Å². The molecule has 1 N–H and O–H groups in total. The highest BCUT2D eigenvalue weighted by molar-refractivity contribution is 6.35. The molecule has 0 saturated carbocycles. The zero-order valence-corrected chi connectivity index (χ0v) is 19.2. The van der Waals surface area contributed by atoms with Crippen molar-refractivity contribution in [2.24, 2.45) is 0 Å². The minimum Gasteiger partial charge on any atom is -0.495 e. The van der Waals surface area contributed by atoms with Gasteiger partial charge in [-0.3, -0.25) is 4.79 Å². The van der Waals surface area contributed by atoms with Crippen molar-refractivity contribution in [2.75, 3.05) is 12.4 Å². The Labute approximate surface area is 198 Å². The largest absolute Gasteiger partial charge is 0.495 e. The molecular weight excluding hydrogens is 475 g/mol. The van der Waals surface area contributed by atoms with E-state index in [1.165, 1.54) is 4.80 Å². The van der Waals surface area contributed by atoms with Crippen LogP contribution in [0.5, 0.6) is 11.5 Å². The third kappa shape index (κ3) is 4.75. The Hall–Kier alpha value is -3.00. The van der Waals surface area contributed by atoms with Gasteiger partial charge < -0.3 is 14.8 Å². The van der Waals surface area contributed by atoms with Crippen LogP contribution in [0.4, 0.5) is 5.69 Å². The van der Waals surface area contributed by atoms with Gasteiger partial charge >= 0.3 is 0 Å². The van der Waals surface area contributed by atoms with Crippen molar-refractivity contribution in [3.8, 4) is 17.2 Å². The lowest BCUT2D eigenvalue weighted by atomic mass is 10.2. The number of rotatable bonds is 6. The molecular formula is C22H17Cl3N4O3. The number of nitrogens with one attached hydrogen (secondary N) is 1. The quantitative estimate of drug-likeness (QED) is 0.369. The predicted octanol–water partition coefficient (Wildman–Crippen LogP) is 5.80. The lowest BCUT2D eigenvalue weighted by molar-refractivity contribution is -0.122. The van der Waals surface area contributed by atoms with Gasteiger partial charge in [-0.25, -0.2) is 0 Å². The number of halogens is 3. The molecule has 10 heteroatoms. The Balaban J connectivity index is 1.50. The van der Waals surface area contributed by atoms with Crippen LogP contribution < -0.4 is 14.8 Å². The molecule has 0 bridgehead atoms. The van der Waals surface area contributed by atoms with Gasteiger partial charge in [-0.1, -0.05) is 34.8 Å². The second-order valence-corrected chi connectivity index (χ2v) is 8.09. The molecule has 0 fully saturated rings. The van der Waals surface area contributed by atoms with Crippen LogP contribution >= 0.6 is 34.8 Å². The van der Waals surface area contributed by atoms with E-state index in [1.54, 1.807) is 68.6 Å². The van der Waals surface area contributed by atoms with E-state index in [0.717, 1.165) is 0 Å². The number of aromatic nitrogens is 3. The molecule has 0 saturated heterocycles. The third-order valence-corrected chi connectivity index (χ3v) is 5.41. The summed E-state index contributed by atoms with van der Waals surface area (Å²) in [6.45, 7) is 1.63. The Morgan fingerprint density at radius 2 is 1.66 bits per heavy atom. The number of anilines is 1. The number of hydrogen-bond acceptors (Lipinski definition) is 5. The fourth-order valence-corrected chi connectivity index (χ4v) is 3.65. The number of fused-ring (bicyclic) bond motifs is 1. The van der Waals surface area contributed by atoms with Crippen molar-refractivity contribution in [1.82, 2.24) is 15.0 Å². The average Bonchev–Trinajstić information content (AvgIpc) is 3.19. The van der Waals surface area contributed by atoms with Crippen LogP contribution in [0, 0.1) is 0 Å². The molecule has 1 aromatic heterocycles. The number of benzene rings is 3. The van der Waals surface area contributed by atoms with E-state index in [0.29, 0.717) is 49.0 Å². The topological polar surface area (TPSA) is 78.3 Å². The molecule has 0 aliphatic rings. The van der Waals surface area contributed by atoms with Crippen molar-refractivity contribution in [3.05, 3.63) is 69.7 Å². The van der Waals surface area contributed by atoms with Crippen molar-refractivity contribution in [2.45, 2.75) is 13.0 Å². The first kappa shape index (κ1) is 22.2. The summed E-state index contributed by atoms with van der Waals surface area (Å²) in [4.78, 5) is 14.1. The smallest absolute Gasteiger partial charge is 0.265 e. The van der Waals surface area contributed by atoms with Crippen LogP contribution in [-0.4, -0.2) is 34.1 Å². The average molecular weight is 492 g/mol. The summed E-state index contributed by atoms with van der Waals surface area (Å²) in [6.07, 6.45) is -0.790. The van der Waals surface area contributed by atoms with Crippen LogP contribution in [0.2, 0.25) is 15.1 Å².